The lowest BCUT2D eigenvalue weighted by molar-refractivity contribution is -0.156. The number of halogens is 1. The number of sulfonamides is 1. The average Bonchev–Trinajstić information content (AvgIpc) is 2.70. The van der Waals surface area contributed by atoms with Gasteiger partial charge in [0.1, 0.15) is 0 Å². The van der Waals surface area contributed by atoms with Crippen molar-refractivity contribution in [3.63, 3.8) is 0 Å². The lowest BCUT2D eigenvalue weighted by Crippen LogP contribution is -2.47. The Morgan fingerprint density at radius 3 is 2.44 bits per heavy atom. The second kappa shape index (κ2) is 10.6. The van der Waals surface area contributed by atoms with E-state index in [4.69, 9.17) is 16.3 Å². The largest absolute Gasteiger partial charge is 0.455 e. The van der Waals surface area contributed by atoms with E-state index in [0.29, 0.717) is 24.4 Å². The van der Waals surface area contributed by atoms with Crippen molar-refractivity contribution in [1.82, 2.24) is 14.5 Å². The van der Waals surface area contributed by atoms with Crippen LogP contribution in [0.4, 0.5) is 0 Å². The van der Waals surface area contributed by atoms with Crippen LogP contribution in [0, 0.1) is 5.92 Å². The molecule has 1 saturated heterocycles. The molecular weight excluding hydrogens is 458 g/mol. The Morgan fingerprint density at radius 2 is 1.84 bits per heavy atom. The summed E-state index contributed by atoms with van der Waals surface area (Å²) < 4.78 is 32.1. The molecule has 1 N–H and O–H groups in total. The van der Waals surface area contributed by atoms with Crippen LogP contribution in [-0.4, -0.2) is 74.2 Å². The molecule has 1 atom stereocenters. The maximum Gasteiger partial charge on any atom is 0.310 e. The highest BCUT2D eigenvalue weighted by atomic mass is 35.5. The highest BCUT2D eigenvalue weighted by molar-refractivity contribution is 7.89. The minimum Gasteiger partial charge on any atom is -0.455 e. The van der Waals surface area contributed by atoms with Gasteiger partial charge in [-0.25, -0.2) is 8.42 Å². The fourth-order valence-electron chi connectivity index (χ4n) is 3.23. The first-order valence-corrected chi connectivity index (χ1v) is 12.1. The van der Waals surface area contributed by atoms with Crippen molar-refractivity contribution in [1.29, 1.82) is 0 Å². The molecule has 1 fully saturated rings. The number of ether oxygens (including phenoxy) is 1. The van der Waals surface area contributed by atoms with Gasteiger partial charge in [0.25, 0.3) is 5.91 Å². The number of rotatable bonds is 7. The summed E-state index contributed by atoms with van der Waals surface area (Å²) in [7, 11) is -2.33. The van der Waals surface area contributed by atoms with Crippen LogP contribution in [0.5, 0.6) is 0 Å². The van der Waals surface area contributed by atoms with E-state index in [0.717, 1.165) is 0 Å². The number of hydrogen-bond donors (Lipinski definition) is 1. The molecule has 1 aromatic carbocycles. The first kappa shape index (κ1) is 26.1. The molecule has 11 heteroatoms. The summed E-state index contributed by atoms with van der Waals surface area (Å²) in [5, 5.41) is 3.17. The van der Waals surface area contributed by atoms with Crippen molar-refractivity contribution in [2.75, 3.05) is 33.3 Å². The molecule has 1 unspecified atom stereocenters. The van der Waals surface area contributed by atoms with Gasteiger partial charge in [-0.1, -0.05) is 11.6 Å². The normalized spacial score (nSPS) is 17.5. The van der Waals surface area contributed by atoms with Crippen molar-refractivity contribution in [2.24, 2.45) is 5.92 Å². The average molecular weight is 488 g/mol. The van der Waals surface area contributed by atoms with Crippen LogP contribution in [0.2, 0.25) is 5.02 Å². The van der Waals surface area contributed by atoms with Crippen LogP contribution in [0.3, 0.4) is 0 Å². The first-order chi connectivity index (χ1) is 14.8. The Morgan fingerprint density at radius 1 is 1.22 bits per heavy atom. The van der Waals surface area contributed by atoms with Gasteiger partial charge in [-0.3, -0.25) is 14.4 Å². The molecule has 1 aromatic rings. The van der Waals surface area contributed by atoms with E-state index in [1.165, 1.54) is 40.5 Å². The van der Waals surface area contributed by atoms with E-state index in [9.17, 15) is 22.8 Å². The minimum atomic E-state index is -3.77. The van der Waals surface area contributed by atoms with Gasteiger partial charge in [0.05, 0.1) is 17.4 Å². The quantitative estimate of drug-likeness (QED) is 0.585. The summed E-state index contributed by atoms with van der Waals surface area (Å²) in [4.78, 5) is 37.9. The molecule has 0 radical (unpaired) electrons. The number of nitrogens with zero attached hydrogens (tertiary/aromatic N) is 2. The van der Waals surface area contributed by atoms with Crippen molar-refractivity contribution in [3.8, 4) is 0 Å². The highest BCUT2D eigenvalue weighted by Gasteiger charge is 2.34. The second-order valence-electron chi connectivity index (χ2n) is 8.81. The molecule has 32 heavy (non-hydrogen) atoms. The van der Waals surface area contributed by atoms with Gasteiger partial charge in [0.15, 0.2) is 6.61 Å². The molecular formula is C21H30ClN3O6S. The molecule has 0 bridgehead atoms. The summed E-state index contributed by atoms with van der Waals surface area (Å²) in [6.45, 7) is 5.07. The third-order valence-corrected chi connectivity index (χ3v) is 6.96. The van der Waals surface area contributed by atoms with Crippen LogP contribution in [0.25, 0.3) is 0 Å². The first-order valence-electron chi connectivity index (χ1n) is 10.3. The Hall–Kier alpha value is -2.17. The Bertz CT molecular complexity index is 943. The monoisotopic (exact) mass is 487 g/mol. The number of amides is 2. The zero-order valence-electron chi connectivity index (χ0n) is 18.8. The predicted molar refractivity (Wildman–Crippen MR) is 119 cm³/mol. The molecule has 2 amide bonds. The van der Waals surface area contributed by atoms with E-state index in [1.54, 1.807) is 0 Å². The maximum atomic E-state index is 12.9. The molecule has 1 aliphatic heterocycles. The number of esters is 1. The van der Waals surface area contributed by atoms with Gasteiger partial charge in [-0.05, 0) is 57.9 Å². The number of carbonyl (C=O) groups excluding carboxylic acids is 3. The van der Waals surface area contributed by atoms with Gasteiger partial charge < -0.3 is 15.0 Å². The van der Waals surface area contributed by atoms with Crippen LogP contribution < -0.4 is 5.32 Å². The number of likely N-dealkylation sites (N-methyl/N-ethyl adjacent to an activating group) is 1. The lowest BCUT2D eigenvalue weighted by Gasteiger charge is -2.30. The predicted octanol–water partition coefficient (Wildman–Crippen LogP) is 1.66. The molecule has 1 aliphatic rings. The third kappa shape index (κ3) is 7.46. The number of carbonyl (C=O) groups is 3. The fraction of sp³-hybridized carbons (Fsp3) is 0.571. The van der Waals surface area contributed by atoms with Crippen LogP contribution in [0.15, 0.2) is 29.2 Å². The summed E-state index contributed by atoms with van der Waals surface area (Å²) in [5.74, 6) is -2.16. The van der Waals surface area contributed by atoms with E-state index in [2.05, 4.69) is 5.32 Å². The molecule has 2 rings (SSSR count). The highest BCUT2D eigenvalue weighted by Crippen LogP contribution is 2.25. The number of benzene rings is 1. The van der Waals surface area contributed by atoms with Crippen molar-refractivity contribution in [3.05, 3.63) is 29.3 Å². The number of nitrogens with one attached hydrogen (secondary N) is 1. The summed E-state index contributed by atoms with van der Waals surface area (Å²) in [6.07, 6.45) is 0.955. The van der Waals surface area contributed by atoms with Crippen LogP contribution in [-0.2, 0) is 29.1 Å². The standard InChI is InChI=1S/C21H30ClN3O6S/c1-21(2,3)23-18(26)13-24(4)19(27)14-31-20(28)15-6-5-11-25(12-15)32(29,30)17-9-7-16(22)8-10-17/h7-10,15H,5-6,11-14H2,1-4H3,(H,23,26). The molecule has 178 valence electrons. The van der Waals surface area contributed by atoms with E-state index < -0.39 is 40.0 Å². The Labute approximate surface area is 194 Å². The van der Waals surface area contributed by atoms with Crippen molar-refractivity contribution in [2.45, 2.75) is 44.0 Å². The maximum absolute atomic E-state index is 12.9. The SMILES string of the molecule is CN(CC(=O)NC(C)(C)C)C(=O)COC(=O)C1CCCN(S(=O)(=O)c2ccc(Cl)cc2)C1. The number of piperidine rings is 1. The minimum absolute atomic E-state index is 0.0260. The van der Waals surface area contributed by atoms with E-state index >= 15 is 0 Å². The van der Waals surface area contributed by atoms with Gasteiger partial charge in [0.2, 0.25) is 15.9 Å². The van der Waals surface area contributed by atoms with Gasteiger partial charge >= 0.3 is 5.97 Å². The molecule has 9 nitrogen and oxygen atoms in total. The van der Waals surface area contributed by atoms with Gasteiger partial charge in [-0.15, -0.1) is 0 Å². The van der Waals surface area contributed by atoms with E-state index in [-0.39, 0.29) is 23.9 Å². The zero-order valence-corrected chi connectivity index (χ0v) is 20.3. The summed E-state index contributed by atoms with van der Waals surface area (Å²) >= 11 is 5.83. The van der Waals surface area contributed by atoms with E-state index in [1.807, 2.05) is 20.8 Å². The lowest BCUT2D eigenvalue weighted by atomic mass is 10.00. The molecule has 0 aromatic heterocycles. The van der Waals surface area contributed by atoms with Crippen molar-refractivity contribution >= 4 is 39.4 Å². The van der Waals surface area contributed by atoms with Crippen molar-refractivity contribution < 1.29 is 27.5 Å². The van der Waals surface area contributed by atoms with Crippen LogP contribution >= 0.6 is 11.6 Å². The Kier molecular flexibility index (Phi) is 8.67. The fourth-order valence-corrected chi connectivity index (χ4v) is 4.88. The van der Waals surface area contributed by atoms with Gasteiger partial charge in [0, 0.05) is 30.7 Å². The summed E-state index contributed by atoms with van der Waals surface area (Å²) in [5.41, 5.74) is -0.424. The zero-order chi connectivity index (χ0) is 24.1. The molecule has 0 saturated carbocycles. The van der Waals surface area contributed by atoms with Crippen LogP contribution in [0.1, 0.15) is 33.6 Å². The topological polar surface area (TPSA) is 113 Å². The third-order valence-electron chi connectivity index (χ3n) is 4.83. The number of hydrogen-bond acceptors (Lipinski definition) is 6. The smallest absolute Gasteiger partial charge is 0.310 e. The molecule has 0 aliphatic carbocycles. The molecule has 1 heterocycles. The molecule has 0 spiro atoms. The second-order valence-corrected chi connectivity index (χ2v) is 11.2. The Balaban J connectivity index is 1.90. The summed E-state index contributed by atoms with van der Waals surface area (Å²) in [6, 6.07) is 5.83. The van der Waals surface area contributed by atoms with Gasteiger partial charge in [-0.2, -0.15) is 4.31 Å².